The van der Waals surface area contributed by atoms with Gasteiger partial charge in [0.05, 0.1) is 18.9 Å². The Balaban J connectivity index is 2.02. The van der Waals surface area contributed by atoms with Gasteiger partial charge in [-0.1, -0.05) is 0 Å². The Hall–Kier alpha value is -0.700. The van der Waals surface area contributed by atoms with E-state index in [1.54, 1.807) is 4.90 Å². The molecule has 8 heteroatoms. The van der Waals surface area contributed by atoms with Gasteiger partial charge < -0.3 is 14.4 Å². The number of hydrogen-bond acceptors (Lipinski definition) is 5. The molecule has 21 heavy (non-hydrogen) atoms. The normalized spacial score (nSPS) is 26.0. The molecule has 2 aliphatic rings. The van der Waals surface area contributed by atoms with Crippen LogP contribution in [0.2, 0.25) is 0 Å². The van der Waals surface area contributed by atoms with Gasteiger partial charge in [0.25, 0.3) is 0 Å². The van der Waals surface area contributed by atoms with E-state index < -0.39 is 10.0 Å². The van der Waals surface area contributed by atoms with Crippen LogP contribution >= 0.6 is 0 Å². The predicted octanol–water partition coefficient (Wildman–Crippen LogP) is -0.420. The Morgan fingerprint density at radius 3 is 2.62 bits per heavy atom. The lowest BCUT2D eigenvalue weighted by molar-refractivity contribution is -0.139. The van der Waals surface area contributed by atoms with Crippen LogP contribution in [-0.2, 0) is 24.3 Å². The number of nitrogens with one attached hydrogen (secondary N) is 1. The standard InChI is InChI=1S/C13H24N2O5S/c1-19-10-12(16)15-6-3-13(4-7-15)5-8-20-9-11(13)14-21(2,17)18/h11,14H,3-10H2,1-2H3/t11-/m1/s1. The van der Waals surface area contributed by atoms with Crippen LogP contribution in [0.1, 0.15) is 19.3 Å². The first-order valence-corrected chi connectivity index (χ1v) is 9.07. The van der Waals surface area contributed by atoms with Crippen molar-refractivity contribution < 1.29 is 22.7 Å². The topological polar surface area (TPSA) is 84.9 Å². The first kappa shape index (κ1) is 16.7. The molecule has 1 amide bonds. The summed E-state index contributed by atoms with van der Waals surface area (Å²) in [7, 11) is -1.76. The van der Waals surface area contributed by atoms with E-state index in [2.05, 4.69) is 4.72 Å². The Labute approximate surface area is 126 Å². The summed E-state index contributed by atoms with van der Waals surface area (Å²) >= 11 is 0. The maximum Gasteiger partial charge on any atom is 0.248 e. The highest BCUT2D eigenvalue weighted by molar-refractivity contribution is 7.88. The number of carbonyl (C=O) groups is 1. The molecule has 2 rings (SSSR count). The van der Waals surface area contributed by atoms with Crippen molar-refractivity contribution in [3.8, 4) is 0 Å². The molecule has 0 bridgehead atoms. The number of amides is 1. The molecule has 0 aliphatic carbocycles. The lowest BCUT2D eigenvalue weighted by Crippen LogP contribution is -2.58. The zero-order valence-electron chi connectivity index (χ0n) is 12.6. The van der Waals surface area contributed by atoms with E-state index in [1.807, 2.05) is 0 Å². The number of hydrogen-bond donors (Lipinski definition) is 1. The number of nitrogens with zero attached hydrogens (tertiary/aromatic N) is 1. The molecular formula is C13H24N2O5S. The van der Waals surface area contributed by atoms with Gasteiger partial charge in [0.2, 0.25) is 15.9 Å². The van der Waals surface area contributed by atoms with E-state index in [0.29, 0.717) is 26.3 Å². The summed E-state index contributed by atoms with van der Waals surface area (Å²) in [4.78, 5) is 13.6. The monoisotopic (exact) mass is 320 g/mol. The first-order valence-electron chi connectivity index (χ1n) is 7.18. The predicted molar refractivity (Wildman–Crippen MR) is 77.3 cm³/mol. The molecule has 2 aliphatic heterocycles. The smallest absolute Gasteiger partial charge is 0.248 e. The maximum absolute atomic E-state index is 11.8. The third-order valence-corrected chi connectivity index (χ3v) is 5.22. The fraction of sp³-hybridized carbons (Fsp3) is 0.923. The SMILES string of the molecule is COCC(=O)N1CCC2(CCOC[C@H]2NS(C)(=O)=O)CC1. The number of piperidine rings is 1. The Morgan fingerprint density at radius 1 is 1.38 bits per heavy atom. The van der Waals surface area contributed by atoms with Crippen molar-refractivity contribution >= 4 is 15.9 Å². The highest BCUT2D eigenvalue weighted by Crippen LogP contribution is 2.41. The number of sulfonamides is 1. The van der Waals surface area contributed by atoms with Crippen molar-refractivity contribution in [1.82, 2.24) is 9.62 Å². The zero-order valence-corrected chi connectivity index (χ0v) is 13.4. The lowest BCUT2D eigenvalue weighted by atomic mass is 9.69. The molecule has 122 valence electrons. The molecule has 1 atom stereocenters. The average Bonchev–Trinajstić information content (AvgIpc) is 2.41. The highest BCUT2D eigenvalue weighted by Gasteiger charge is 2.45. The lowest BCUT2D eigenvalue weighted by Gasteiger charge is -2.48. The Morgan fingerprint density at radius 2 is 2.05 bits per heavy atom. The summed E-state index contributed by atoms with van der Waals surface area (Å²) in [5.41, 5.74) is -0.106. The van der Waals surface area contributed by atoms with Gasteiger partial charge >= 0.3 is 0 Å². The second-order valence-electron chi connectivity index (χ2n) is 5.94. The molecular weight excluding hydrogens is 296 g/mol. The van der Waals surface area contributed by atoms with E-state index in [4.69, 9.17) is 9.47 Å². The van der Waals surface area contributed by atoms with Gasteiger partial charge in [-0.15, -0.1) is 0 Å². The van der Waals surface area contributed by atoms with Gasteiger partial charge in [-0.3, -0.25) is 4.79 Å². The van der Waals surface area contributed by atoms with Crippen molar-refractivity contribution in [2.45, 2.75) is 25.3 Å². The van der Waals surface area contributed by atoms with Gasteiger partial charge in [0, 0.05) is 26.8 Å². The fourth-order valence-corrected chi connectivity index (χ4v) is 4.09. The molecule has 2 heterocycles. The third kappa shape index (κ3) is 4.15. The van der Waals surface area contributed by atoms with Crippen molar-refractivity contribution in [2.75, 3.05) is 46.3 Å². The summed E-state index contributed by atoms with van der Waals surface area (Å²) in [5, 5.41) is 0. The number of rotatable bonds is 4. The van der Waals surface area contributed by atoms with Crippen LogP contribution in [0.3, 0.4) is 0 Å². The van der Waals surface area contributed by atoms with E-state index in [1.165, 1.54) is 13.4 Å². The molecule has 0 aromatic carbocycles. The molecule has 1 N–H and O–H groups in total. The van der Waals surface area contributed by atoms with Crippen LogP contribution in [0.25, 0.3) is 0 Å². The van der Waals surface area contributed by atoms with Crippen LogP contribution in [0.4, 0.5) is 0 Å². The van der Waals surface area contributed by atoms with Gasteiger partial charge in [-0.05, 0) is 24.7 Å². The molecule has 0 aromatic heterocycles. The minimum absolute atomic E-state index is 0.00738. The third-order valence-electron chi connectivity index (χ3n) is 4.50. The van der Waals surface area contributed by atoms with E-state index >= 15 is 0 Å². The number of ether oxygens (including phenoxy) is 2. The largest absolute Gasteiger partial charge is 0.380 e. The summed E-state index contributed by atoms with van der Waals surface area (Å²) in [5.74, 6) is -0.00738. The minimum Gasteiger partial charge on any atom is -0.380 e. The van der Waals surface area contributed by atoms with E-state index in [-0.39, 0.29) is 24.0 Å². The minimum atomic E-state index is -3.27. The Bertz CT molecular complexity index is 471. The maximum atomic E-state index is 11.8. The van der Waals surface area contributed by atoms with Gasteiger partial charge in [-0.25, -0.2) is 13.1 Å². The second kappa shape index (κ2) is 6.60. The zero-order chi connectivity index (χ0) is 15.5. The molecule has 1 spiro atoms. The van der Waals surface area contributed by atoms with Crippen LogP contribution in [-0.4, -0.2) is 71.5 Å². The van der Waals surface area contributed by atoms with Gasteiger partial charge in [0.15, 0.2) is 0 Å². The summed E-state index contributed by atoms with van der Waals surface area (Å²) < 4.78 is 36.1. The molecule has 2 fully saturated rings. The van der Waals surface area contributed by atoms with Gasteiger partial charge in [-0.2, -0.15) is 0 Å². The van der Waals surface area contributed by atoms with Crippen LogP contribution in [0.15, 0.2) is 0 Å². The summed E-state index contributed by atoms with van der Waals surface area (Å²) in [6.07, 6.45) is 3.58. The molecule has 2 saturated heterocycles. The second-order valence-corrected chi connectivity index (χ2v) is 7.72. The Kier molecular flexibility index (Phi) is 5.24. The molecule has 0 unspecified atom stereocenters. The highest BCUT2D eigenvalue weighted by atomic mass is 32.2. The number of likely N-dealkylation sites (tertiary alicyclic amines) is 1. The molecule has 0 radical (unpaired) electrons. The number of carbonyl (C=O) groups excluding carboxylic acids is 1. The van der Waals surface area contributed by atoms with E-state index in [9.17, 15) is 13.2 Å². The van der Waals surface area contributed by atoms with Crippen LogP contribution in [0.5, 0.6) is 0 Å². The number of methoxy groups -OCH3 is 1. The van der Waals surface area contributed by atoms with Gasteiger partial charge in [0.1, 0.15) is 6.61 Å². The van der Waals surface area contributed by atoms with Crippen molar-refractivity contribution in [3.63, 3.8) is 0 Å². The van der Waals surface area contributed by atoms with E-state index in [0.717, 1.165) is 19.3 Å². The molecule has 0 aromatic rings. The fourth-order valence-electron chi connectivity index (χ4n) is 3.26. The summed E-state index contributed by atoms with van der Waals surface area (Å²) in [6, 6.07) is -0.207. The molecule has 0 saturated carbocycles. The summed E-state index contributed by atoms with van der Waals surface area (Å²) in [6.45, 7) is 2.43. The van der Waals surface area contributed by atoms with Crippen molar-refractivity contribution in [1.29, 1.82) is 0 Å². The van der Waals surface area contributed by atoms with Crippen molar-refractivity contribution in [3.05, 3.63) is 0 Å². The quantitative estimate of drug-likeness (QED) is 0.760. The molecule has 7 nitrogen and oxygen atoms in total. The van der Waals surface area contributed by atoms with Crippen LogP contribution < -0.4 is 4.72 Å². The first-order chi connectivity index (χ1) is 9.86. The van der Waals surface area contributed by atoms with Crippen LogP contribution in [0, 0.1) is 5.41 Å². The average molecular weight is 320 g/mol. The van der Waals surface area contributed by atoms with Crippen molar-refractivity contribution in [2.24, 2.45) is 5.41 Å².